The van der Waals surface area contributed by atoms with Crippen LogP contribution in [0.4, 0.5) is 4.39 Å². The van der Waals surface area contributed by atoms with Crippen LogP contribution in [0.3, 0.4) is 0 Å². The van der Waals surface area contributed by atoms with E-state index in [0.29, 0.717) is 5.56 Å². The summed E-state index contributed by atoms with van der Waals surface area (Å²) < 4.78 is 23.4. The first kappa shape index (κ1) is 14.7. The number of hydrogen-bond acceptors (Lipinski definition) is 4. The third-order valence-electron chi connectivity index (χ3n) is 2.86. The van der Waals surface area contributed by atoms with Gasteiger partial charge in [0.25, 0.3) is 0 Å². The number of carbonyl (C=O) groups excluding carboxylic acids is 2. The molecule has 0 unspecified atom stereocenters. The zero-order valence-electron chi connectivity index (χ0n) is 11.6. The highest BCUT2D eigenvalue weighted by Gasteiger charge is 2.12. The zero-order valence-corrected chi connectivity index (χ0v) is 11.6. The van der Waals surface area contributed by atoms with Crippen LogP contribution in [0.5, 0.6) is 11.5 Å². The average molecular weight is 288 g/mol. The third kappa shape index (κ3) is 3.45. The number of carbonyl (C=O) groups is 2. The van der Waals surface area contributed by atoms with Crippen LogP contribution >= 0.6 is 0 Å². The molecule has 0 N–H and O–H groups in total. The van der Waals surface area contributed by atoms with Gasteiger partial charge in [-0.25, -0.2) is 9.18 Å². The second kappa shape index (κ2) is 6.17. The Hall–Kier alpha value is -2.69. The quantitative estimate of drug-likeness (QED) is 0.492. The van der Waals surface area contributed by atoms with Crippen molar-refractivity contribution in [2.45, 2.75) is 6.92 Å². The van der Waals surface area contributed by atoms with Gasteiger partial charge in [-0.15, -0.1) is 0 Å². The van der Waals surface area contributed by atoms with Crippen molar-refractivity contribution in [1.82, 2.24) is 0 Å². The van der Waals surface area contributed by atoms with Gasteiger partial charge in [-0.05, 0) is 49.4 Å². The Morgan fingerprint density at radius 1 is 1.00 bits per heavy atom. The molecular formula is C16H13FO4. The molecule has 0 saturated carbocycles. The molecule has 2 rings (SSSR count). The van der Waals surface area contributed by atoms with E-state index in [2.05, 4.69) is 0 Å². The largest absolute Gasteiger partial charge is 0.494 e. The molecule has 0 aliphatic heterocycles. The maximum absolute atomic E-state index is 13.5. The van der Waals surface area contributed by atoms with E-state index in [-0.39, 0.29) is 22.8 Å². The van der Waals surface area contributed by atoms with Gasteiger partial charge >= 0.3 is 5.97 Å². The predicted octanol–water partition coefficient (Wildman–Crippen LogP) is 3.26. The lowest BCUT2D eigenvalue weighted by Gasteiger charge is -2.06. The van der Waals surface area contributed by atoms with Crippen molar-refractivity contribution in [1.29, 1.82) is 0 Å². The summed E-state index contributed by atoms with van der Waals surface area (Å²) in [7, 11) is 1.34. The van der Waals surface area contributed by atoms with Gasteiger partial charge in [0.1, 0.15) is 5.75 Å². The molecule has 0 saturated heterocycles. The van der Waals surface area contributed by atoms with Crippen LogP contribution in [0.15, 0.2) is 42.5 Å². The summed E-state index contributed by atoms with van der Waals surface area (Å²) in [6.45, 7) is 1.45. The van der Waals surface area contributed by atoms with Crippen molar-refractivity contribution in [2.75, 3.05) is 7.11 Å². The fraction of sp³-hybridized carbons (Fsp3) is 0.125. The van der Waals surface area contributed by atoms with Gasteiger partial charge in [-0.3, -0.25) is 4.79 Å². The van der Waals surface area contributed by atoms with Gasteiger partial charge in [-0.1, -0.05) is 0 Å². The molecule has 0 spiro atoms. The standard InChI is InChI=1S/C16H13FO4/c1-10(18)11-3-6-13(7-4-11)21-16(19)12-5-8-15(20-2)14(17)9-12/h3-9H,1-2H3. The number of esters is 1. The number of ether oxygens (including phenoxy) is 2. The Labute approximate surface area is 121 Å². The molecule has 21 heavy (non-hydrogen) atoms. The molecular weight excluding hydrogens is 275 g/mol. The molecule has 4 nitrogen and oxygen atoms in total. The lowest BCUT2D eigenvalue weighted by Crippen LogP contribution is -2.09. The molecule has 0 bridgehead atoms. The third-order valence-corrected chi connectivity index (χ3v) is 2.86. The maximum Gasteiger partial charge on any atom is 0.343 e. The highest BCUT2D eigenvalue weighted by molar-refractivity contribution is 5.94. The van der Waals surface area contributed by atoms with Crippen molar-refractivity contribution < 1.29 is 23.5 Å². The summed E-state index contributed by atoms with van der Waals surface area (Å²) in [5, 5.41) is 0. The van der Waals surface area contributed by atoms with Crippen LogP contribution in [0.1, 0.15) is 27.6 Å². The van der Waals surface area contributed by atoms with Crippen LogP contribution < -0.4 is 9.47 Å². The van der Waals surface area contributed by atoms with E-state index < -0.39 is 11.8 Å². The highest BCUT2D eigenvalue weighted by atomic mass is 19.1. The van der Waals surface area contributed by atoms with Crippen LogP contribution in [0, 0.1) is 5.82 Å². The summed E-state index contributed by atoms with van der Waals surface area (Å²) in [5.74, 6) is -1.07. The summed E-state index contributed by atoms with van der Waals surface area (Å²) in [5.41, 5.74) is 0.592. The second-order valence-corrected chi connectivity index (χ2v) is 4.32. The maximum atomic E-state index is 13.5. The number of hydrogen-bond donors (Lipinski definition) is 0. The number of Topliss-reactive ketones (excluding diaryl/α,β-unsaturated/α-hetero) is 1. The molecule has 0 heterocycles. The van der Waals surface area contributed by atoms with Crippen LogP contribution in [0.25, 0.3) is 0 Å². The minimum atomic E-state index is -0.688. The number of ketones is 1. The zero-order chi connectivity index (χ0) is 15.4. The van der Waals surface area contributed by atoms with Crippen LogP contribution in [-0.2, 0) is 0 Å². The molecule has 0 aromatic heterocycles. The van der Waals surface area contributed by atoms with Crippen molar-refractivity contribution in [3.8, 4) is 11.5 Å². The van der Waals surface area contributed by atoms with Crippen LogP contribution in [-0.4, -0.2) is 18.9 Å². The van der Waals surface area contributed by atoms with E-state index in [9.17, 15) is 14.0 Å². The Kier molecular flexibility index (Phi) is 4.33. The fourth-order valence-corrected chi connectivity index (χ4v) is 1.72. The number of halogens is 1. The van der Waals surface area contributed by atoms with Gasteiger partial charge in [0, 0.05) is 5.56 Å². The van der Waals surface area contributed by atoms with E-state index in [1.165, 1.54) is 38.3 Å². The molecule has 0 aliphatic rings. The van der Waals surface area contributed by atoms with Crippen molar-refractivity contribution in [3.63, 3.8) is 0 Å². The van der Waals surface area contributed by atoms with E-state index in [1.54, 1.807) is 12.1 Å². The molecule has 0 amide bonds. The topological polar surface area (TPSA) is 52.6 Å². The van der Waals surface area contributed by atoms with Crippen molar-refractivity contribution in [2.24, 2.45) is 0 Å². The van der Waals surface area contributed by atoms with Gasteiger partial charge in [0.15, 0.2) is 17.3 Å². The van der Waals surface area contributed by atoms with Gasteiger partial charge in [0.05, 0.1) is 12.7 Å². The SMILES string of the molecule is COc1ccc(C(=O)Oc2ccc(C(C)=O)cc2)cc1F. The fourth-order valence-electron chi connectivity index (χ4n) is 1.72. The number of rotatable bonds is 4. The van der Waals surface area contributed by atoms with Crippen molar-refractivity contribution in [3.05, 3.63) is 59.4 Å². The van der Waals surface area contributed by atoms with E-state index in [1.807, 2.05) is 0 Å². The Balaban J connectivity index is 2.14. The monoisotopic (exact) mass is 288 g/mol. The van der Waals surface area contributed by atoms with E-state index >= 15 is 0 Å². The lowest BCUT2D eigenvalue weighted by atomic mass is 10.1. The molecule has 0 atom stereocenters. The summed E-state index contributed by atoms with van der Waals surface area (Å²) >= 11 is 0. The highest BCUT2D eigenvalue weighted by Crippen LogP contribution is 2.19. The molecule has 2 aromatic rings. The predicted molar refractivity (Wildman–Crippen MR) is 74.4 cm³/mol. The summed E-state index contributed by atoms with van der Waals surface area (Å²) in [6.07, 6.45) is 0. The summed E-state index contributed by atoms with van der Waals surface area (Å²) in [6, 6.07) is 9.94. The minimum absolute atomic E-state index is 0.0531. The van der Waals surface area contributed by atoms with E-state index in [4.69, 9.17) is 9.47 Å². The molecule has 2 aromatic carbocycles. The normalized spacial score (nSPS) is 10.0. The first-order valence-electron chi connectivity index (χ1n) is 6.18. The Bertz CT molecular complexity index is 677. The van der Waals surface area contributed by atoms with Crippen molar-refractivity contribution >= 4 is 11.8 Å². The molecule has 0 fully saturated rings. The van der Waals surface area contributed by atoms with Gasteiger partial charge in [-0.2, -0.15) is 0 Å². The van der Waals surface area contributed by atoms with Crippen LogP contribution in [0.2, 0.25) is 0 Å². The Morgan fingerprint density at radius 3 is 2.14 bits per heavy atom. The molecule has 0 radical (unpaired) electrons. The summed E-state index contributed by atoms with van der Waals surface area (Å²) in [4.78, 5) is 23.0. The van der Waals surface area contributed by atoms with E-state index in [0.717, 1.165) is 6.07 Å². The lowest BCUT2D eigenvalue weighted by molar-refractivity contribution is 0.0734. The Morgan fingerprint density at radius 2 is 1.62 bits per heavy atom. The molecule has 0 aliphatic carbocycles. The first-order valence-corrected chi connectivity index (χ1v) is 6.18. The second-order valence-electron chi connectivity index (χ2n) is 4.32. The smallest absolute Gasteiger partial charge is 0.343 e. The molecule has 108 valence electrons. The number of methoxy groups -OCH3 is 1. The number of benzene rings is 2. The first-order chi connectivity index (χ1) is 10.0. The molecule has 5 heteroatoms. The average Bonchev–Trinajstić information content (AvgIpc) is 2.47. The van der Waals surface area contributed by atoms with Gasteiger partial charge < -0.3 is 9.47 Å². The minimum Gasteiger partial charge on any atom is -0.494 e. The van der Waals surface area contributed by atoms with Gasteiger partial charge in [0.2, 0.25) is 0 Å².